The number of carbonyl (C=O) groups is 1. The Morgan fingerprint density at radius 2 is 1.94 bits per heavy atom. The minimum atomic E-state index is -0.0165. The van der Waals surface area contributed by atoms with Crippen molar-refractivity contribution in [2.24, 2.45) is 0 Å². The standard InChI is InChI=1S/C14H21BrN2O/c1-3-5-11-17(10-4-2)14(18)16-13-9-7-6-8-12(13)15/h6-9H,3-5,10-11H2,1-2H3,(H,16,18). The van der Waals surface area contributed by atoms with Crippen LogP contribution in [-0.2, 0) is 0 Å². The second-order valence-electron chi connectivity index (χ2n) is 4.25. The van der Waals surface area contributed by atoms with E-state index in [9.17, 15) is 4.79 Å². The summed E-state index contributed by atoms with van der Waals surface area (Å²) in [4.78, 5) is 14.0. The van der Waals surface area contributed by atoms with Gasteiger partial charge in [-0.1, -0.05) is 32.4 Å². The first-order valence-electron chi connectivity index (χ1n) is 6.49. The number of halogens is 1. The molecule has 0 heterocycles. The van der Waals surface area contributed by atoms with Gasteiger partial charge in [-0.2, -0.15) is 0 Å². The van der Waals surface area contributed by atoms with E-state index in [1.165, 1.54) is 0 Å². The maximum atomic E-state index is 12.2. The van der Waals surface area contributed by atoms with Crippen LogP contribution in [0.15, 0.2) is 28.7 Å². The number of nitrogens with one attached hydrogen (secondary N) is 1. The van der Waals surface area contributed by atoms with E-state index in [1.54, 1.807) is 0 Å². The van der Waals surface area contributed by atoms with Gasteiger partial charge in [0, 0.05) is 17.6 Å². The molecule has 0 aliphatic rings. The number of rotatable bonds is 6. The highest BCUT2D eigenvalue weighted by Gasteiger charge is 2.12. The van der Waals surface area contributed by atoms with Crippen LogP contribution in [0.2, 0.25) is 0 Å². The molecule has 1 rings (SSSR count). The summed E-state index contributed by atoms with van der Waals surface area (Å²) in [5, 5.41) is 2.94. The average molecular weight is 313 g/mol. The number of unbranched alkanes of at least 4 members (excludes halogenated alkanes) is 1. The van der Waals surface area contributed by atoms with Crippen LogP contribution in [0.1, 0.15) is 33.1 Å². The van der Waals surface area contributed by atoms with Crippen molar-refractivity contribution in [3.8, 4) is 0 Å². The van der Waals surface area contributed by atoms with Crippen molar-refractivity contribution in [2.75, 3.05) is 18.4 Å². The normalized spacial score (nSPS) is 10.2. The summed E-state index contributed by atoms with van der Waals surface area (Å²) in [5.74, 6) is 0. The largest absolute Gasteiger partial charge is 0.325 e. The number of benzene rings is 1. The third-order valence-corrected chi connectivity index (χ3v) is 3.37. The molecule has 18 heavy (non-hydrogen) atoms. The number of amides is 2. The predicted molar refractivity (Wildman–Crippen MR) is 79.9 cm³/mol. The number of carbonyl (C=O) groups excluding carboxylic acids is 1. The third kappa shape index (κ3) is 4.69. The van der Waals surface area contributed by atoms with Crippen LogP contribution < -0.4 is 5.32 Å². The summed E-state index contributed by atoms with van der Waals surface area (Å²) in [6.07, 6.45) is 3.12. The van der Waals surface area contributed by atoms with Crippen LogP contribution in [0, 0.1) is 0 Å². The zero-order chi connectivity index (χ0) is 13.4. The zero-order valence-corrected chi connectivity index (χ0v) is 12.7. The minimum Gasteiger partial charge on any atom is -0.325 e. The topological polar surface area (TPSA) is 32.3 Å². The highest BCUT2D eigenvalue weighted by atomic mass is 79.9. The number of nitrogens with zero attached hydrogens (tertiary/aromatic N) is 1. The molecule has 0 spiro atoms. The van der Waals surface area contributed by atoms with E-state index in [2.05, 4.69) is 35.1 Å². The second-order valence-corrected chi connectivity index (χ2v) is 5.10. The summed E-state index contributed by atoms with van der Waals surface area (Å²) in [7, 11) is 0. The maximum Gasteiger partial charge on any atom is 0.321 e. The van der Waals surface area contributed by atoms with E-state index >= 15 is 0 Å². The van der Waals surface area contributed by atoms with Crippen molar-refractivity contribution in [2.45, 2.75) is 33.1 Å². The van der Waals surface area contributed by atoms with Crippen LogP contribution in [0.4, 0.5) is 10.5 Å². The molecule has 0 aliphatic carbocycles. The summed E-state index contributed by atoms with van der Waals surface area (Å²) in [6.45, 7) is 5.84. The molecule has 0 atom stereocenters. The number of urea groups is 1. The average Bonchev–Trinajstić information content (AvgIpc) is 2.37. The number of hydrogen-bond acceptors (Lipinski definition) is 1. The molecule has 0 fully saturated rings. The smallest absolute Gasteiger partial charge is 0.321 e. The van der Waals surface area contributed by atoms with Gasteiger partial charge >= 0.3 is 6.03 Å². The van der Waals surface area contributed by atoms with Crippen molar-refractivity contribution >= 4 is 27.6 Å². The molecule has 0 aromatic heterocycles. The lowest BCUT2D eigenvalue weighted by molar-refractivity contribution is 0.211. The van der Waals surface area contributed by atoms with Crippen LogP contribution in [0.3, 0.4) is 0 Å². The maximum absolute atomic E-state index is 12.2. The van der Waals surface area contributed by atoms with Gasteiger partial charge in [0.25, 0.3) is 0 Å². The molecule has 0 bridgehead atoms. The molecule has 1 aromatic rings. The lowest BCUT2D eigenvalue weighted by Crippen LogP contribution is -2.36. The molecule has 100 valence electrons. The third-order valence-electron chi connectivity index (χ3n) is 2.68. The van der Waals surface area contributed by atoms with Gasteiger partial charge in [0.1, 0.15) is 0 Å². The molecular weight excluding hydrogens is 292 g/mol. The summed E-state index contributed by atoms with van der Waals surface area (Å²) in [5.41, 5.74) is 0.820. The quantitative estimate of drug-likeness (QED) is 0.824. The SMILES string of the molecule is CCCCN(CCC)C(=O)Nc1ccccc1Br. The summed E-state index contributed by atoms with van der Waals surface area (Å²) >= 11 is 3.43. The van der Waals surface area contributed by atoms with Crippen molar-refractivity contribution in [1.82, 2.24) is 4.90 Å². The van der Waals surface area contributed by atoms with E-state index in [0.717, 1.165) is 42.5 Å². The highest BCUT2D eigenvalue weighted by molar-refractivity contribution is 9.10. The monoisotopic (exact) mass is 312 g/mol. The Labute approximate surface area is 118 Å². The lowest BCUT2D eigenvalue weighted by atomic mass is 10.3. The Hall–Kier alpha value is -1.03. The van der Waals surface area contributed by atoms with Crippen LogP contribution in [0.5, 0.6) is 0 Å². The van der Waals surface area contributed by atoms with Gasteiger partial charge in [-0.25, -0.2) is 4.79 Å². The lowest BCUT2D eigenvalue weighted by Gasteiger charge is -2.22. The molecule has 0 aliphatic heterocycles. The van der Waals surface area contributed by atoms with E-state index in [0.29, 0.717) is 0 Å². The van der Waals surface area contributed by atoms with Crippen molar-refractivity contribution in [3.63, 3.8) is 0 Å². The van der Waals surface area contributed by atoms with Gasteiger partial charge in [-0.3, -0.25) is 0 Å². The molecule has 0 saturated carbocycles. The molecule has 4 heteroatoms. The van der Waals surface area contributed by atoms with Gasteiger partial charge in [0.2, 0.25) is 0 Å². The van der Waals surface area contributed by atoms with Crippen LogP contribution in [-0.4, -0.2) is 24.0 Å². The van der Waals surface area contributed by atoms with Gasteiger partial charge in [0.15, 0.2) is 0 Å². The molecule has 2 amide bonds. The van der Waals surface area contributed by atoms with E-state index in [-0.39, 0.29) is 6.03 Å². The Bertz CT molecular complexity index is 382. The van der Waals surface area contributed by atoms with Gasteiger partial charge in [-0.15, -0.1) is 0 Å². The summed E-state index contributed by atoms with van der Waals surface area (Å²) < 4.78 is 0.908. The number of anilines is 1. The molecule has 0 unspecified atom stereocenters. The molecule has 1 N–H and O–H groups in total. The molecular formula is C14H21BrN2O. The Kier molecular flexibility index (Phi) is 6.80. The number of para-hydroxylation sites is 1. The highest BCUT2D eigenvalue weighted by Crippen LogP contribution is 2.21. The molecule has 0 saturated heterocycles. The second kappa shape index (κ2) is 8.14. The first-order chi connectivity index (χ1) is 8.69. The van der Waals surface area contributed by atoms with Crippen LogP contribution >= 0.6 is 15.9 Å². The molecule has 0 radical (unpaired) electrons. The van der Waals surface area contributed by atoms with Crippen molar-refractivity contribution in [1.29, 1.82) is 0 Å². The van der Waals surface area contributed by atoms with Gasteiger partial charge < -0.3 is 10.2 Å². The first kappa shape index (κ1) is 15.0. The van der Waals surface area contributed by atoms with E-state index in [4.69, 9.17) is 0 Å². The summed E-state index contributed by atoms with van der Waals surface area (Å²) in [6, 6.07) is 7.65. The van der Waals surface area contributed by atoms with Gasteiger partial charge in [0.05, 0.1) is 5.69 Å². The fraction of sp³-hybridized carbons (Fsp3) is 0.500. The molecule has 3 nitrogen and oxygen atoms in total. The zero-order valence-electron chi connectivity index (χ0n) is 11.1. The van der Waals surface area contributed by atoms with Crippen LogP contribution in [0.25, 0.3) is 0 Å². The first-order valence-corrected chi connectivity index (χ1v) is 7.28. The Morgan fingerprint density at radius 3 is 2.56 bits per heavy atom. The Morgan fingerprint density at radius 1 is 1.22 bits per heavy atom. The fourth-order valence-corrected chi connectivity index (χ4v) is 2.07. The Balaban J connectivity index is 2.63. The number of hydrogen-bond donors (Lipinski definition) is 1. The van der Waals surface area contributed by atoms with Gasteiger partial charge in [-0.05, 0) is 40.9 Å². The fourth-order valence-electron chi connectivity index (χ4n) is 1.69. The minimum absolute atomic E-state index is 0.0165. The van der Waals surface area contributed by atoms with Crippen molar-refractivity contribution in [3.05, 3.63) is 28.7 Å². The van der Waals surface area contributed by atoms with Crippen molar-refractivity contribution < 1.29 is 4.79 Å². The van der Waals surface area contributed by atoms with E-state index in [1.807, 2.05) is 29.2 Å². The predicted octanol–water partition coefficient (Wildman–Crippen LogP) is 4.49. The van der Waals surface area contributed by atoms with E-state index < -0.39 is 0 Å². The molecule has 1 aromatic carbocycles.